The maximum Gasteiger partial charge on any atom is 0.309 e. The van der Waals surface area contributed by atoms with E-state index in [4.69, 9.17) is 9.47 Å². The monoisotopic (exact) mass is 496 g/mol. The summed E-state index contributed by atoms with van der Waals surface area (Å²) >= 11 is 0. The van der Waals surface area contributed by atoms with Crippen LogP contribution in [0.4, 0.5) is 0 Å². The third-order valence-electron chi connectivity index (χ3n) is 7.29. The first-order valence-corrected chi connectivity index (χ1v) is 14.6. The van der Waals surface area contributed by atoms with E-state index >= 15 is 0 Å². The van der Waals surface area contributed by atoms with Crippen molar-refractivity contribution >= 4 is 17.9 Å². The molecule has 35 heavy (non-hydrogen) atoms. The van der Waals surface area contributed by atoms with Crippen LogP contribution < -0.4 is 0 Å². The highest BCUT2D eigenvalue weighted by molar-refractivity contribution is 5.83. The summed E-state index contributed by atoms with van der Waals surface area (Å²) in [6.07, 6.45) is 19.7. The molecule has 204 valence electrons. The minimum absolute atomic E-state index is 0.156. The van der Waals surface area contributed by atoms with Crippen molar-refractivity contribution in [1.29, 1.82) is 0 Å². The molecule has 3 atom stereocenters. The maximum absolute atomic E-state index is 12.6. The molecule has 0 spiro atoms. The Balaban J connectivity index is 2.23. The fourth-order valence-electron chi connectivity index (χ4n) is 4.98. The predicted octanol–water partition coefficient (Wildman–Crippen LogP) is 7.47. The van der Waals surface area contributed by atoms with Crippen molar-refractivity contribution in [3.05, 3.63) is 0 Å². The second-order valence-corrected chi connectivity index (χ2v) is 10.3. The lowest BCUT2D eigenvalue weighted by atomic mass is 9.74. The van der Waals surface area contributed by atoms with Crippen LogP contribution >= 0.6 is 0 Å². The highest BCUT2D eigenvalue weighted by Gasteiger charge is 2.42. The Bertz CT molecular complexity index is 576. The van der Waals surface area contributed by atoms with Gasteiger partial charge in [-0.1, -0.05) is 104 Å². The normalized spacial score (nSPS) is 19.9. The third kappa shape index (κ3) is 14.5. The molecule has 1 N–H and O–H groups in total. The molecule has 1 rings (SSSR count). The van der Waals surface area contributed by atoms with Gasteiger partial charge in [0.15, 0.2) is 0 Å². The molecular weight excluding hydrogens is 444 g/mol. The average Bonchev–Trinajstić information content (AvgIpc) is 2.86. The van der Waals surface area contributed by atoms with Crippen molar-refractivity contribution < 1.29 is 29.0 Å². The Labute approximate surface area is 213 Å². The SMILES string of the molecule is CCCCCCCCCCOC(=O)C1CCC(C(=O)OCCCCCCCCCC)C(C(=O)O)C1. The van der Waals surface area contributed by atoms with Gasteiger partial charge in [0, 0.05) is 0 Å². The molecule has 1 saturated carbocycles. The standard InChI is InChI=1S/C29H52O6/c1-3-5-7-9-11-13-15-17-21-34-28(32)24-19-20-25(26(23-24)27(30)31)29(33)35-22-18-16-14-12-10-8-6-4-2/h24-26H,3-23H2,1-2H3,(H,30,31). The van der Waals surface area contributed by atoms with Gasteiger partial charge in [0.05, 0.1) is 31.0 Å². The van der Waals surface area contributed by atoms with Gasteiger partial charge in [0.1, 0.15) is 0 Å². The number of carboxylic acids is 1. The smallest absolute Gasteiger partial charge is 0.309 e. The highest BCUT2D eigenvalue weighted by Crippen LogP contribution is 2.36. The van der Waals surface area contributed by atoms with Gasteiger partial charge in [-0.3, -0.25) is 14.4 Å². The number of ether oxygens (including phenoxy) is 2. The lowest BCUT2D eigenvalue weighted by Gasteiger charge is -2.31. The molecule has 3 unspecified atom stereocenters. The Morgan fingerprint density at radius 1 is 0.600 bits per heavy atom. The van der Waals surface area contributed by atoms with Crippen LogP contribution in [0.1, 0.15) is 136 Å². The second-order valence-electron chi connectivity index (χ2n) is 10.3. The predicted molar refractivity (Wildman–Crippen MR) is 139 cm³/mol. The van der Waals surface area contributed by atoms with E-state index in [9.17, 15) is 19.5 Å². The molecule has 0 aromatic carbocycles. The van der Waals surface area contributed by atoms with E-state index < -0.39 is 29.7 Å². The number of carbonyl (C=O) groups is 3. The van der Waals surface area contributed by atoms with Gasteiger partial charge in [-0.25, -0.2) is 0 Å². The largest absolute Gasteiger partial charge is 0.481 e. The van der Waals surface area contributed by atoms with Crippen molar-refractivity contribution in [3.63, 3.8) is 0 Å². The Morgan fingerprint density at radius 3 is 1.49 bits per heavy atom. The van der Waals surface area contributed by atoms with Gasteiger partial charge in [0.25, 0.3) is 0 Å². The molecule has 0 bridgehead atoms. The molecule has 0 saturated heterocycles. The topological polar surface area (TPSA) is 89.9 Å². The fraction of sp³-hybridized carbons (Fsp3) is 0.897. The molecule has 0 aliphatic heterocycles. The van der Waals surface area contributed by atoms with Gasteiger partial charge >= 0.3 is 17.9 Å². The molecule has 0 aromatic heterocycles. The molecule has 1 aliphatic carbocycles. The molecule has 1 fully saturated rings. The van der Waals surface area contributed by atoms with Crippen molar-refractivity contribution in [2.24, 2.45) is 17.8 Å². The Morgan fingerprint density at radius 2 is 1.03 bits per heavy atom. The molecule has 0 aromatic rings. The lowest BCUT2D eigenvalue weighted by Crippen LogP contribution is -2.39. The quantitative estimate of drug-likeness (QED) is 0.131. The van der Waals surface area contributed by atoms with Gasteiger partial charge in [-0.2, -0.15) is 0 Å². The Kier molecular flexibility index (Phi) is 18.5. The van der Waals surface area contributed by atoms with Crippen LogP contribution in [0.2, 0.25) is 0 Å². The number of aliphatic carboxylic acids is 1. The van der Waals surface area contributed by atoms with Gasteiger partial charge in [-0.05, 0) is 32.1 Å². The minimum atomic E-state index is -1.03. The molecule has 6 heteroatoms. The van der Waals surface area contributed by atoms with Crippen molar-refractivity contribution in [1.82, 2.24) is 0 Å². The summed E-state index contributed by atoms with van der Waals surface area (Å²) in [7, 11) is 0. The highest BCUT2D eigenvalue weighted by atomic mass is 16.5. The summed E-state index contributed by atoms with van der Waals surface area (Å²) in [5, 5.41) is 9.68. The van der Waals surface area contributed by atoms with E-state index in [1.165, 1.54) is 64.2 Å². The number of hydrogen-bond donors (Lipinski definition) is 1. The van der Waals surface area contributed by atoms with Crippen LogP contribution in [-0.2, 0) is 23.9 Å². The summed E-state index contributed by atoms with van der Waals surface area (Å²) < 4.78 is 10.9. The maximum atomic E-state index is 12.6. The molecule has 6 nitrogen and oxygen atoms in total. The summed E-state index contributed by atoms with van der Waals surface area (Å²) in [5.74, 6) is -3.76. The summed E-state index contributed by atoms with van der Waals surface area (Å²) in [5.41, 5.74) is 0. The van der Waals surface area contributed by atoms with Crippen LogP contribution in [0.25, 0.3) is 0 Å². The molecule has 1 aliphatic rings. The number of carbonyl (C=O) groups excluding carboxylic acids is 2. The number of hydrogen-bond acceptors (Lipinski definition) is 5. The van der Waals surface area contributed by atoms with Crippen LogP contribution in [0, 0.1) is 17.8 Å². The first kappa shape index (κ1) is 31.4. The van der Waals surface area contributed by atoms with Crippen molar-refractivity contribution in [2.45, 2.75) is 136 Å². The lowest BCUT2D eigenvalue weighted by molar-refractivity contribution is -0.164. The van der Waals surface area contributed by atoms with E-state index in [2.05, 4.69) is 13.8 Å². The van der Waals surface area contributed by atoms with E-state index in [-0.39, 0.29) is 12.4 Å². The molecule has 0 radical (unpaired) electrons. The van der Waals surface area contributed by atoms with E-state index in [0.717, 1.165) is 38.5 Å². The average molecular weight is 497 g/mol. The van der Waals surface area contributed by atoms with Gasteiger partial charge in [-0.15, -0.1) is 0 Å². The Hall–Kier alpha value is -1.59. The minimum Gasteiger partial charge on any atom is -0.481 e. The summed E-state index contributed by atoms with van der Waals surface area (Å²) in [6.45, 7) is 5.16. The zero-order valence-electron chi connectivity index (χ0n) is 22.6. The molecular formula is C29H52O6. The molecule has 0 heterocycles. The summed E-state index contributed by atoms with van der Waals surface area (Å²) in [4.78, 5) is 36.9. The summed E-state index contributed by atoms with van der Waals surface area (Å²) in [6, 6.07) is 0. The number of rotatable bonds is 21. The van der Waals surface area contributed by atoms with E-state index in [0.29, 0.717) is 26.1 Å². The van der Waals surface area contributed by atoms with E-state index in [1.54, 1.807) is 0 Å². The molecule has 0 amide bonds. The third-order valence-corrected chi connectivity index (χ3v) is 7.29. The number of carboxylic acid groups (broad SMARTS) is 1. The van der Waals surface area contributed by atoms with Crippen LogP contribution in [0.15, 0.2) is 0 Å². The first-order valence-electron chi connectivity index (χ1n) is 14.6. The van der Waals surface area contributed by atoms with Crippen LogP contribution in [-0.4, -0.2) is 36.2 Å². The second kappa shape index (κ2) is 20.6. The zero-order valence-corrected chi connectivity index (χ0v) is 22.6. The zero-order chi connectivity index (χ0) is 25.7. The van der Waals surface area contributed by atoms with E-state index in [1.807, 2.05) is 0 Å². The van der Waals surface area contributed by atoms with Crippen LogP contribution in [0.5, 0.6) is 0 Å². The van der Waals surface area contributed by atoms with Crippen LogP contribution in [0.3, 0.4) is 0 Å². The number of esters is 2. The van der Waals surface area contributed by atoms with Gasteiger partial charge in [0.2, 0.25) is 0 Å². The first-order chi connectivity index (χ1) is 17.0. The van der Waals surface area contributed by atoms with Crippen molar-refractivity contribution in [3.8, 4) is 0 Å². The van der Waals surface area contributed by atoms with Crippen molar-refractivity contribution in [2.75, 3.05) is 13.2 Å². The van der Waals surface area contributed by atoms with Gasteiger partial charge < -0.3 is 14.6 Å². The number of unbranched alkanes of at least 4 members (excludes halogenated alkanes) is 14. The fourth-order valence-corrected chi connectivity index (χ4v) is 4.98.